The van der Waals surface area contributed by atoms with Crippen LogP contribution in [0.2, 0.25) is 0 Å². The van der Waals surface area contributed by atoms with Gasteiger partial charge in [0.05, 0.1) is 6.42 Å². The summed E-state index contributed by atoms with van der Waals surface area (Å²) in [6, 6.07) is 6.20. The van der Waals surface area contributed by atoms with Gasteiger partial charge >= 0.3 is 0 Å². The van der Waals surface area contributed by atoms with Crippen LogP contribution < -0.4 is 4.90 Å². The lowest BCUT2D eigenvalue weighted by atomic mass is 9.89. The molecule has 0 fully saturated rings. The molecule has 1 aliphatic heterocycles. The SMILES string of the molecule is CC(C)C(CO)Cc1ccc2c(c1)CC(=O)N2C. The van der Waals surface area contributed by atoms with Crippen LogP contribution in [0.25, 0.3) is 0 Å². The molecule has 1 aliphatic rings. The lowest BCUT2D eigenvalue weighted by Gasteiger charge is -2.18. The van der Waals surface area contributed by atoms with E-state index in [1.165, 1.54) is 5.56 Å². The van der Waals surface area contributed by atoms with E-state index in [4.69, 9.17) is 0 Å². The number of aliphatic hydroxyl groups excluding tert-OH is 1. The van der Waals surface area contributed by atoms with Gasteiger partial charge in [-0.2, -0.15) is 0 Å². The van der Waals surface area contributed by atoms with Crippen LogP contribution in [0.5, 0.6) is 0 Å². The molecule has 3 heteroatoms. The van der Waals surface area contributed by atoms with Crippen LogP contribution in [0.1, 0.15) is 25.0 Å². The number of anilines is 1. The van der Waals surface area contributed by atoms with Crippen molar-refractivity contribution in [2.24, 2.45) is 11.8 Å². The number of carbonyl (C=O) groups is 1. The molecule has 1 heterocycles. The second-order valence-electron chi connectivity index (χ2n) is 5.48. The number of aliphatic hydroxyl groups is 1. The highest BCUT2D eigenvalue weighted by Gasteiger charge is 2.24. The molecule has 3 nitrogen and oxygen atoms in total. The van der Waals surface area contributed by atoms with Crippen LogP contribution in [0.3, 0.4) is 0 Å². The monoisotopic (exact) mass is 247 g/mol. The molecule has 1 unspecified atom stereocenters. The highest BCUT2D eigenvalue weighted by molar-refractivity contribution is 6.00. The van der Waals surface area contributed by atoms with E-state index in [2.05, 4.69) is 26.0 Å². The molecule has 0 spiro atoms. The summed E-state index contributed by atoms with van der Waals surface area (Å²) >= 11 is 0. The Morgan fingerprint density at radius 1 is 1.39 bits per heavy atom. The summed E-state index contributed by atoms with van der Waals surface area (Å²) < 4.78 is 0. The van der Waals surface area contributed by atoms with Crippen molar-refractivity contribution in [2.45, 2.75) is 26.7 Å². The average Bonchev–Trinajstić information content (AvgIpc) is 2.61. The zero-order valence-electron chi connectivity index (χ0n) is 11.3. The maximum Gasteiger partial charge on any atom is 0.231 e. The van der Waals surface area contributed by atoms with Crippen molar-refractivity contribution in [3.05, 3.63) is 29.3 Å². The molecule has 0 radical (unpaired) electrons. The maximum absolute atomic E-state index is 11.6. The van der Waals surface area contributed by atoms with Crippen LogP contribution in [0, 0.1) is 11.8 Å². The molecule has 1 aromatic carbocycles. The molecule has 0 aliphatic carbocycles. The third kappa shape index (κ3) is 2.41. The molecular weight excluding hydrogens is 226 g/mol. The Labute approximate surface area is 108 Å². The van der Waals surface area contributed by atoms with E-state index in [0.29, 0.717) is 12.3 Å². The van der Waals surface area contributed by atoms with Crippen LogP contribution in [0.4, 0.5) is 5.69 Å². The van der Waals surface area contributed by atoms with Gasteiger partial charge in [-0.05, 0) is 35.4 Å². The third-order valence-electron chi connectivity index (χ3n) is 3.90. The number of carbonyl (C=O) groups excluding carboxylic acids is 1. The number of benzene rings is 1. The number of fused-ring (bicyclic) bond motifs is 1. The molecular formula is C15H21NO2. The Morgan fingerprint density at radius 2 is 2.11 bits per heavy atom. The van der Waals surface area contributed by atoms with Crippen molar-refractivity contribution < 1.29 is 9.90 Å². The predicted molar refractivity (Wildman–Crippen MR) is 72.7 cm³/mol. The van der Waals surface area contributed by atoms with Crippen molar-refractivity contribution >= 4 is 11.6 Å². The fourth-order valence-corrected chi connectivity index (χ4v) is 2.46. The van der Waals surface area contributed by atoms with Crippen LogP contribution in [-0.4, -0.2) is 24.7 Å². The zero-order chi connectivity index (χ0) is 13.3. The first-order valence-corrected chi connectivity index (χ1v) is 6.52. The lowest BCUT2D eigenvalue weighted by molar-refractivity contribution is -0.117. The quantitative estimate of drug-likeness (QED) is 0.884. The van der Waals surface area contributed by atoms with Crippen LogP contribution in [0.15, 0.2) is 18.2 Å². The highest BCUT2D eigenvalue weighted by atomic mass is 16.3. The van der Waals surface area contributed by atoms with Gasteiger partial charge in [0, 0.05) is 19.3 Å². The van der Waals surface area contributed by atoms with E-state index < -0.39 is 0 Å². The number of hydrogen-bond acceptors (Lipinski definition) is 2. The number of nitrogens with zero attached hydrogens (tertiary/aromatic N) is 1. The summed E-state index contributed by atoms with van der Waals surface area (Å²) in [7, 11) is 1.82. The summed E-state index contributed by atoms with van der Waals surface area (Å²) in [4.78, 5) is 13.3. The fraction of sp³-hybridized carbons (Fsp3) is 0.533. The highest BCUT2D eigenvalue weighted by Crippen LogP contribution is 2.29. The first-order valence-electron chi connectivity index (χ1n) is 6.52. The topological polar surface area (TPSA) is 40.5 Å². The summed E-state index contributed by atoms with van der Waals surface area (Å²) in [6.45, 7) is 4.48. The molecule has 1 N–H and O–H groups in total. The Kier molecular flexibility index (Phi) is 3.71. The maximum atomic E-state index is 11.6. The summed E-state index contributed by atoms with van der Waals surface area (Å²) in [6.07, 6.45) is 1.38. The Bertz CT molecular complexity index is 454. The molecule has 18 heavy (non-hydrogen) atoms. The zero-order valence-corrected chi connectivity index (χ0v) is 11.3. The molecule has 0 saturated heterocycles. The van der Waals surface area contributed by atoms with Gasteiger partial charge in [-0.1, -0.05) is 26.0 Å². The Hall–Kier alpha value is -1.35. The second-order valence-corrected chi connectivity index (χ2v) is 5.48. The number of hydrogen-bond donors (Lipinski definition) is 1. The number of rotatable bonds is 4. The predicted octanol–water partition coefficient (Wildman–Crippen LogP) is 2.01. The molecule has 1 amide bonds. The molecule has 0 aromatic heterocycles. The van der Waals surface area contributed by atoms with Crippen molar-refractivity contribution in [2.75, 3.05) is 18.6 Å². The van der Waals surface area contributed by atoms with E-state index in [9.17, 15) is 9.90 Å². The van der Waals surface area contributed by atoms with E-state index >= 15 is 0 Å². The van der Waals surface area contributed by atoms with E-state index in [0.717, 1.165) is 17.7 Å². The van der Waals surface area contributed by atoms with Crippen molar-refractivity contribution in [1.82, 2.24) is 0 Å². The van der Waals surface area contributed by atoms with Crippen molar-refractivity contribution in [3.63, 3.8) is 0 Å². The second kappa shape index (κ2) is 5.11. The van der Waals surface area contributed by atoms with E-state index in [-0.39, 0.29) is 18.4 Å². The Balaban J connectivity index is 2.18. The molecule has 0 saturated carbocycles. The molecule has 0 bridgehead atoms. The smallest absolute Gasteiger partial charge is 0.231 e. The number of amides is 1. The largest absolute Gasteiger partial charge is 0.396 e. The van der Waals surface area contributed by atoms with Crippen LogP contribution >= 0.6 is 0 Å². The lowest BCUT2D eigenvalue weighted by Crippen LogP contribution is -2.20. The summed E-state index contributed by atoms with van der Waals surface area (Å²) in [5.74, 6) is 0.912. The van der Waals surface area contributed by atoms with Gasteiger partial charge in [0.15, 0.2) is 0 Å². The standard InChI is InChI=1S/C15H21NO2/c1-10(2)13(9-17)7-11-4-5-14-12(6-11)8-15(18)16(14)3/h4-6,10,13,17H,7-9H2,1-3H3. The fourth-order valence-electron chi connectivity index (χ4n) is 2.46. The van der Waals surface area contributed by atoms with Crippen molar-refractivity contribution in [3.8, 4) is 0 Å². The van der Waals surface area contributed by atoms with Gasteiger partial charge in [0.1, 0.15) is 0 Å². The molecule has 98 valence electrons. The van der Waals surface area contributed by atoms with Gasteiger partial charge in [-0.15, -0.1) is 0 Å². The van der Waals surface area contributed by atoms with Gasteiger partial charge in [0.25, 0.3) is 0 Å². The summed E-state index contributed by atoms with van der Waals surface area (Å²) in [5, 5.41) is 9.37. The Morgan fingerprint density at radius 3 is 2.72 bits per heavy atom. The minimum Gasteiger partial charge on any atom is -0.396 e. The summed E-state index contributed by atoms with van der Waals surface area (Å²) in [5.41, 5.74) is 3.35. The average molecular weight is 247 g/mol. The minimum absolute atomic E-state index is 0.157. The third-order valence-corrected chi connectivity index (χ3v) is 3.90. The van der Waals surface area contributed by atoms with E-state index in [1.54, 1.807) is 4.90 Å². The first kappa shape index (κ1) is 13.1. The van der Waals surface area contributed by atoms with Gasteiger partial charge in [0.2, 0.25) is 5.91 Å². The van der Waals surface area contributed by atoms with E-state index in [1.807, 2.05) is 13.1 Å². The molecule has 1 aromatic rings. The molecule has 2 rings (SSSR count). The van der Waals surface area contributed by atoms with Gasteiger partial charge in [-0.3, -0.25) is 4.79 Å². The van der Waals surface area contributed by atoms with Gasteiger partial charge in [-0.25, -0.2) is 0 Å². The van der Waals surface area contributed by atoms with Crippen LogP contribution in [-0.2, 0) is 17.6 Å². The number of likely N-dealkylation sites (N-methyl/N-ethyl adjacent to an activating group) is 1. The molecule has 1 atom stereocenters. The minimum atomic E-state index is 0.157. The van der Waals surface area contributed by atoms with Gasteiger partial charge < -0.3 is 10.0 Å². The first-order chi connectivity index (χ1) is 8.52. The normalized spacial score (nSPS) is 16.3. The van der Waals surface area contributed by atoms with Crippen molar-refractivity contribution in [1.29, 1.82) is 0 Å².